The molecule has 122 valence electrons. The predicted octanol–water partition coefficient (Wildman–Crippen LogP) is 2.51. The fourth-order valence-electron chi connectivity index (χ4n) is 1.46. The second-order valence-electron chi connectivity index (χ2n) is 4.12. The molecule has 0 aliphatic rings. The van der Waals surface area contributed by atoms with Crippen molar-refractivity contribution in [3.63, 3.8) is 0 Å². The van der Waals surface area contributed by atoms with Crippen LogP contribution < -0.4 is 15.5 Å². The van der Waals surface area contributed by atoms with Gasteiger partial charge in [-0.3, -0.25) is 5.43 Å². The number of halogens is 2. The van der Waals surface area contributed by atoms with Crippen molar-refractivity contribution < 1.29 is 18.3 Å². The highest BCUT2D eigenvalue weighted by molar-refractivity contribution is 7.80. The average Bonchev–Trinajstić information content (AvgIpc) is 2.48. The minimum absolute atomic E-state index is 0.103. The molecule has 1 aromatic rings. The molecule has 0 radical (unpaired) electrons. The number of benzene rings is 1. The molecule has 8 heteroatoms. The van der Waals surface area contributed by atoms with E-state index in [9.17, 15) is 8.78 Å². The molecule has 0 aromatic heterocycles. The summed E-state index contributed by atoms with van der Waals surface area (Å²) >= 11 is 5.04. The first-order valence-electron chi connectivity index (χ1n) is 6.81. The number of nitrogens with zero attached hydrogens (tertiary/aromatic N) is 1. The molecule has 5 nitrogen and oxygen atoms in total. The van der Waals surface area contributed by atoms with Gasteiger partial charge in [-0.1, -0.05) is 0 Å². The summed E-state index contributed by atoms with van der Waals surface area (Å²) in [6.07, 6.45) is 2.38. The van der Waals surface area contributed by atoms with Crippen LogP contribution in [0.5, 0.6) is 5.75 Å². The first kappa shape index (κ1) is 18.2. The largest absolute Gasteiger partial charge is 0.435 e. The van der Waals surface area contributed by atoms with Crippen LogP contribution in [0.4, 0.5) is 8.78 Å². The Hall–Kier alpha value is -1.80. The van der Waals surface area contributed by atoms with E-state index in [1.54, 1.807) is 12.1 Å². The monoisotopic (exact) mass is 331 g/mol. The van der Waals surface area contributed by atoms with Crippen LogP contribution in [0.25, 0.3) is 0 Å². The third-order valence-corrected chi connectivity index (χ3v) is 2.68. The second-order valence-corrected chi connectivity index (χ2v) is 4.53. The molecule has 0 unspecified atom stereocenters. The number of alkyl halides is 2. The Morgan fingerprint density at radius 1 is 1.36 bits per heavy atom. The lowest BCUT2D eigenvalue weighted by Crippen LogP contribution is -2.33. The van der Waals surface area contributed by atoms with Crippen molar-refractivity contribution in [2.45, 2.75) is 20.0 Å². The molecule has 1 rings (SSSR count). The first-order valence-corrected chi connectivity index (χ1v) is 7.22. The lowest BCUT2D eigenvalue weighted by atomic mass is 10.2. The lowest BCUT2D eigenvalue weighted by Gasteiger charge is -2.06. The summed E-state index contributed by atoms with van der Waals surface area (Å²) < 4.78 is 33.4. The summed E-state index contributed by atoms with van der Waals surface area (Å²) in [6, 6.07) is 6.11. The number of hydrogen-bond donors (Lipinski definition) is 2. The third-order valence-electron chi connectivity index (χ3n) is 2.44. The van der Waals surface area contributed by atoms with Crippen LogP contribution in [0.15, 0.2) is 29.4 Å². The average molecular weight is 331 g/mol. The summed E-state index contributed by atoms with van der Waals surface area (Å²) in [7, 11) is 0. The first-order chi connectivity index (χ1) is 10.6. The summed E-state index contributed by atoms with van der Waals surface area (Å²) in [5.41, 5.74) is 3.40. The molecule has 22 heavy (non-hydrogen) atoms. The van der Waals surface area contributed by atoms with E-state index in [-0.39, 0.29) is 5.75 Å². The number of thiocarbonyl (C=S) groups is 1. The highest BCUT2D eigenvalue weighted by Crippen LogP contribution is 2.13. The zero-order valence-electron chi connectivity index (χ0n) is 12.2. The van der Waals surface area contributed by atoms with Crippen LogP contribution in [-0.2, 0) is 4.74 Å². The fraction of sp³-hybridized carbons (Fsp3) is 0.429. The minimum atomic E-state index is -2.83. The summed E-state index contributed by atoms with van der Waals surface area (Å²) in [5.74, 6) is 0.103. The highest BCUT2D eigenvalue weighted by atomic mass is 32.1. The maximum Gasteiger partial charge on any atom is 0.387 e. The quantitative estimate of drug-likeness (QED) is 0.315. The van der Waals surface area contributed by atoms with Gasteiger partial charge in [-0.05, 0) is 55.4 Å². The fourth-order valence-corrected chi connectivity index (χ4v) is 1.62. The van der Waals surface area contributed by atoms with E-state index in [2.05, 4.69) is 20.6 Å². The van der Waals surface area contributed by atoms with Crippen molar-refractivity contribution in [3.8, 4) is 5.75 Å². The molecule has 0 saturated carbocycles. The zero-order valence-corrected chi connectivity index (χ0v) is 13.0. The molecule has 2 N–H and O–H groups in total. The van der Waals surface area contributed by atoms with Crippen LogP contribution in [0.1, 0.15) is 18.9 Å². The maximum absolute atomic E-state index is 12.0. The Morgan fingerprint density at radius 2 is 2.09 bits per heavy atom. The molecule has 0 atom stereocenters. The summed E-state index contributed by atoms with van der Waals surface area (Å²) in [6.45, 7) is 1.20. The van der Waals surface area contributed by atoms with E-state index in [0.29, 0.717) is 24.9 Å². The van der Waals surface area contributed by atoms with Crippen molar-refractivity contribution in [2.75, 3.05) is 19.8 Å². The smallest absolute Gasteiger partial charge is 0.387 e. The van der Waals surface area contributed by atoms with E-state index < -0.39 is 6.61 Å². The van der Waals surface area contributed by atoms with E-state index in [4.69, 9.17) is 17.0 Å². The van der Waals surface area contributed by atoms with Gasteiger partial charge in [-0.25, -0.2) is 0 Å². The van der Waals surface area contributed by atoms with Gasteiger partial charge in [0, 0.05) is 19.8 Å². The van der Waals surface area contributed by atoms with Gasteiger partial charge in [-0.15, -0.1) is 0 Å². The minimum Gasteiger partial charge on any atom is -0.435 e. The molecular formula is C14H19F2N3O2S. The van der Waals surface area contributed by atoms with E-state index >= 15 is 0 Å². The molecule has 0 bridgehead atoms. The van der Waals surface area contributed by atoms with Gasteiger partial charge in [0.15, 0.2) is 5.11 Å². The van der Waals surface area contributed by atoms with Crippen molar-refractivity contribution in [1.29, 1.82) is 0 Å². The SMILES string of the molecule is CCOCCCNC(=S)N/N=C\c1ccc(OC(F)F)cc1. The standard InChI is InChI=1S/C14H19F2N3O2S/c1-2-20-9-3-8-17-14(22)19-18-10-11-4-6-12(7-5-11)21-13(15)16/h4-7,10,13H,2-3,8-9H2,1H3,(H2,17,19,22)/b18-10-. The van der Waals surface area contributed by atoms with Gasteiger partial charge in [0.25, 0.3) is 0 Å². The number of hydrazone groups is 1. The Balaban J connectivity index is 2.25. The van der Waals surface area contributed by atoms with Crippen LogP contribution in [0, 0.1) is 0 Å². The van der Waals surface area contributed by atoms with Crippen LogP contribution >= 0.6 is 12.2 Å². The van der Waals surface area contributed by atoms with Crippen LogP contribution in [0.3, 0.4) is 0 Å². The number of rotatable bonds is 9. The molecule has 0 aliphatic carbocycles. The summed E-state index contributed by atoms with van der Waals surface area (Å²) in [5, 5.41) is 7.34. The van der Waals surface area contributed by atoms with E-state index in [1.165, 1.54) is 18.3 Å². The van der Waals surface area contributed by atoms with Gasteiger partial charge < -0.3 is 14.8 Å². The molecule has 1 aromatic carbocycles. The topological polar surface area (TPSA) is 54.9 Å². The lowest BCUT2D eigenvalue weighted by molar-refractivity contribution is -0.0498. The van der Waals surface area contributed by atoms with E-state index in [1.807, 2.05) is 6.92 Å². The molecule has 0 fully saturated rings. The van der Waals surface area contributed by atoms with Crippen molar-refractivity contribution in [1.82, 2.24) is 10.7 Å². The van der Waals surface area contributed by atoms with Crippen LogP contribution in [0.2, 0.25) is 0 Å². The van der Waals surface area contributed by atoms with Crippen molar-refractivity contribution >= 4 is 23.5 Å². The molecule has 0 spiro atoms. The Labute approximate surface area is 133 Å². The summed E-state index contributed by atoms with van der Waals surface area (Å²) in [4.78, 5) is 0. The van der Waals surface area contributed by atoms with Crippen molar-refractivity contribution in [2.24, 2.45) is 5.10 Å². The van der Waals surface area contributed by atoms with Crippen molar-refractivity contribution in [3.05, 3.63) is 29.8 Å². The molecule has 0 amide bonds. The van der Waals surface area contributed by atoms with Gasteiger partial charge >= 0.3 is 6.61 Å². The molecular weight excluding hydrogens is 312 g/mol. The van der Waals surface area contributed by atoms with Gasteiger partial charge in [-0.2, -0.15) is 13.9 Å². The highest BCUT2D eigenvalue weighted by Gasteiger charge is 2.02. The number of ether oxygens (including phenoxy) is 2. The second kappa shape index (κ2) is 10.9. The Kier molecular flexibility index (Phi) is 9.01. The molecule has 0 aliphatic heterocycles. The number of nitrogens with one attached hydrogen (secondary N) is 2. The molecule has 0 saturated heterocycles. The van der Waals surface area contributed by atoms with Gasteiger partial charge in [0.2, 0.25) is 0 Å². The maximum atomic E-state index is 12.0. The van der Waals surface area contributed by atoms with Gasteiger partial charge in [0.1, 0.15) is 5.75 Å². The third kappa shape index (κ3) is 8.48. The van der Waals surface area contributed by atoms with Crippen LogP contribution in [-0.4, -0.2) is 37.7 Å². The number of hydrogen-bond acceptors (Lipinski definition) is 4. The Bertz CT molecular complexity index is 470. The zero-order chi connectivity index (χ0) is 16.2. The Morgan fingerprint density at radius 3 is 2.73 bits per heavy atom. The molecule has 0 heterocycles. The van der Waals surface area contributed by atoms with Gasteiger partial charge in [0.05, 0.1) is 6.21 Å². The normalized spacial score (nSPS) is 10.9. The predicted molar refractivity (Wildman–Crippen MR) is 85.5 cm³/mol. The van der Waals surface area contributed by atoms with E-state index in [0.717, 1.165) is 12.0 Å².